The van der Waals surface area contributed by atoms with Gasteiger partial charge in [-0.05, 0) is 36.6 Å². The minimum atomic E-state index is -0.527. The predicted octanol–water partition coefficient (Wildman–Crippen LogP) is 1.89. The molecule has 2 N–H and O–H groups in total. The third kappa shape index (κ3) is 4.69. The van der Waals surface area contributed by atoms with Gasteiger partial charge in [-0.25, -0.2) is 0 Å². The molecule has 5 heteroatoms. The average molecular weight is 320 g/mol. The third-order valence-corrected chi connectivity index (χ3v) is 4.26. The zero-order valence-electron chi connectivity index (χ0n) is 14.5. The zero-order chi connectivity index (χ0) is 17.0. The van der Waals surface area contributed by atoms with Gasteiger partial charge >= 0.3 is 0 Å². The van der Waals surface area contributed by atoms with E-state index in [1.165, 1.54) is 11.1 Å². The Morgan fingerprint density at radius 1 is 1.48 bits per heavy atom. The van der Waals surface area contributed by atoms with E-state index >= 15 is 0 Å². The standard InChI is InChI=1S/C18H28N2O3/c1-12(2)19-10-16(22)11-23-17-5-6-18-13(3)20(14(4)21)8-7-15(18)9-17/h5-6,9,12-13,16,19,22H,7-8,10-11H2,1-4H3. The van der Waals surface area contributed by atoms with E-state index in [4.69, 9.17) is 4.74 Å². The van der Waals surface area contributed by atoms with E-state index < -0.39 is 6.10 Å². The van der Waals surface area contributed by atoms with Crippen molar-refractivity contribution >= 4 is 5.91 Å². The number of amides is 1. The van der Waals surface area contributed by atoms with Gasteiger partial charge in [-0.2, -0.15) is 0 Å². The highest BCUT2D eigenvalue weighted by molar-refractivity contribution is 5.74. The molecule has 2 atom stereocenters. The largest absolute Gasteiger partial charge is 0.491 e. The maximum absolute atomic E-state index is 11.6. The van der Waals surface area contributed by atoms with Crippen molar-refractivity contribution in [1.29, 1.82) is 0 Å². The molecule has 0 spiro atoms. The maximum Gasteiger partial charge on any atom is 0.219 e. The Kier molecular flexibility index (Phi) is 6.02. The summed E-state index contributed by atoms with van der Waals surface area (Å²) in [7, 11) is 0. The summed E-state index contributed by atoms with van der Waals surface area (Å²) in [4.78, 5) is 13.5. The highest BCUT2D eigenvalue weighted by Gasteiger charge is 2.25. The number of carbonyl (C=O) groups is 1. The minimum absolute atomic E-state index is 0.103. The van der Waals surface area contributed by atoms with Gasteiger partial charge in [0, 0.05) is 26.1 Å². The van der Waals surface area contributed by atoms with E-state index in [0.717, 1.165) is 18.7 Å². The van der Waals surface area contributed by atoms with Crippen LogP contribution in [0.5, 0.6) is 5.75 Å². The number of hydrogen-bond donors (Lipinski definition) is 2. The molecule has 0 aliphatic carbocycles. The fourth-order valence-electron chi connectivity index (χ4n) is 2.95. The van der Waals surface area contributed by atoms with Gasteiger partial charge in [0.2, 0.25) is 5.91 Å². The lowest BCUT2D eigenvalue weighted by Gasteiger charge is -2.34. The van der Waals surface area contributed by atoms with E-state index in [2.05, 4.69) is 12.2 Å². The molecule has 1 aliphatic rings. The molecule has 1 aromatic rings. The first-order valence-corrected chi connectivity index (χ1v) is 8.32. The van der Waals surface area contributed by atoms with E-state index in [1.54, 1.807) is 6.92 Å². The Morgan fingerprint density at radius 3 is 2.87 bits per heavy atom. The van der Waals surface area contributed by atoms with Gasteiger partial charge < -0.3 is 20.1 Å². The van der Waals surface area contributed by atoms with Crippen molar-refractivity contribution in [3.8, 4) is 5.75 Å². The van der Waals surface area contributed by atoms with Crippen molar-refractivity contribution in [1.82, 2.24) is 10.2 Å². The quantitative estimate of drug-likeness (QED) is 0.840. The topological polar surface area (TPSA) is 61.8 Å². The number of rotatable bonds is 6. The van der Waals surface area contributed by atoms with Crippen LogP contribution in [0.1, 0.15) is 44.9 Å². The SMILES string of the molecule is CC(=O)N1CCc2cc(OCC(O)CNC(C)C)ccc2C1C. The van der Waals surface area contributed by atoms with Crippen LogP contribution in [0.15, 0.2) is 18.2 Å². The highest BCUT2D eigenvalue weighted by Crippen LogP contribution is 2.31. The Labute approximate surface area is 138 Å². The summed E-state index contributed by atoms with van der Waals surface area (Å²) < 4.78 is 5.71. The molecule has 0 bridgehead atoms. The van der Waals surface area contributed by atoms with Crippen molar-refractivity contribution in [2.45, 2.75) is 52.3 Å². The molecule has 128 valence electrons. The smallest absolute Gasteiger partial charge is 0.219 e. The predicted molar refractivity (Wildman–Crippen MR) is 90.6 cm³/mol. The van der Waals surface area contributed by atoms with Crippen molar-refractivity contribution in [3.05, 3.63) is 29.3 Å². The Morgan fingerprint density at radius 2 is 2.22 bits per heavy atom. The van der Waals surface area contributed by atoms with Crippen LogP contribution in [0, 0.1) is 0 Å². The normalized spacial score (nSPS) is 18.7. The number of hydrogen-bond acceptors (Lipinski definition) is 4. The van der Waals surface area contributed by atoms with Crippen LogP contribution in [-0.4, -0.2) is 47.8 Å². The molecule has 1 amide bonds. The lowest BCUT2D eigenvalue weighted by Crippen LogP contribution is -2.37. The number of fused-ring (bicyclic) bond motifs is 1. The van der Waals surface area contributed by atoms with Gasteiger partial charge in [0.1, 0.15) is 18.5 Å². The molecule has 1 heterocycles. The van der Waals surface area contributed by atoms with Crippen molar-refractivity contribution < 1.29 is 14.6 Å². The minimum Gasteiger partial charge on any atom is -0.491 e. The van der Waals surface area contributed by atoms with E-state index in [1.807, 2.05) is 36.9 Å². The van der Waals surface area contributed by atoms with E-state index in [0.29, 0.717) is 12.6 Å². The van der Waals surface area contributed by atoms with Gasteiger partial charge in [-0.1, -0.05) is 19.9 Å². The van der Waals surface area contributed by atoms with E-state index in [9.17, 15) is 9.90 Å². The Balaban J connectivity index is 1.95. The molecule has 1 aliphatic heterocycles. The third-order valence-electron chi connectivity index (χ3n) is 4.26. The number of aliphatic hydroxyl groups is 1. The summed E-state index contributed by atoms with van der Waals surface area (Å²) in [5.41, 5.74) is 2.41. The molecule has 0 aromatic heterocycles. The van der Waals surface area contributed by atoms with Gasteiger partial charge in [0.15, 0.2) is 0 Å². The Bertz CT molecular complexity index is 545. The average Bonchev–Trinajstić information content (AvgIpc) is 2.50. The lowest BCUT2D eigenvalue weighted by atomic mass is 9.93. The summed E-state index contributed by atoms with van der Waals surface area (Å²) in [6.45, 7) is 9.30. The molecular weight excluding hydrogens is 292 g/mol. The molecule has 5 nitrogen and oxygen atoms in total. The number of carbonyl (C=O) groups excluding carboxylic acids is 1. The number of ether oxygens (including phenoxy) is 1. The van der Waals surface area contributed by atoms with Crippen LogP contribution >= 0.6 is 0 Å². The van der Waals surface area contributed by atoms with Crippen molar-refractivity contribution in [2.24, 2.45) is 0 Å². The summed E-state index contributed by atoms with van der Waals surface area (Å²) in [5, 5.41) is 13.1. The van der Waals surface area contributed by atoms with Crippen LogP contribution < -0.4 is 10.1 Å². The van der Waals surface area contributed by atoms with Gasteiger partial charge in [0.25, 0.3) is 0 Å². The second-order valence-corrected chi connectivity index (χ2v) is 6.53. The van der Waals surface area contributed by atoms with Crippen LogP contribution in [0.2, 0.25) is 0 Å². The van der Waals surface area contributed by atoms with Crippen LogP contribution in [0.25, 0.3) is 0 Å². The van der Waals surface area contributed by atoms with Crippen LogP contribution in [-0.2, 0) is 11.2 Å². The molecule has 0 saturated heterocycles. The second-order valence-electron chi connectivity index (χ2n) is 6.53. The van der Waals surface area contributed by atoms with Crippen LogP contribution in [0.4, 0.5) is 0 Å². The number of benzene rings is 1. The first-order chi connectivity index (χ1) is 10.9. The molecule has 1 aromatic carbocycles. The van der Waals surface area contributed by atoms with Crippen LogP contribution in [0.3, 0.4) is 0 Å². The molecule has 0 radical (unpaired) electrons. The number of nitrogens with one attached hydrogen (secondary N) is 1. The highest BCUT2D eigenvalue weighted by atomic mass is 16.5. The lowest BCUT2D eigenvalue weighted by molar-refractivity contribution is -0.131. The summed E-state index contributed by atoms with van der Waals surface area (Å²) in [6.07, 6.45) is 0.314. The summed E-state index contributed by atoms with van der Waals surface area (Å²) in [5.74, 6) is 0.889. The number of nitrogens with zero attached hydrogens (tertiary/aromatic N) is 1. The molecule has 0 fully saturated rings. The fourth-order valence-corrected chi connectivity index (χ4v) is 2.95. The molecule has 23 heavy (non-hydrogen) atoms. The molecule has 2 unspecified atom stereocenters. The first-order valence-electron chi connectivity index (χ1n) is 8.32. The molecule has 2 rings (SSSR count). The summed E-state index contributed by atoms with van der Waals surface area (Å²) >= 11 is 0. The summed E-state index contributed by atoms with van der Waals surface area (Å²) in [6, 6.07) is 6.43. The van der Waals surface area contributed by atoms with Gasteiger partial charge in [0.05, 0.1) is 6.04 Å². The zero-order valence-corrected chi connectivity index (χ0v) is 14.5. The van der Waals surface area contributed by atoms with Gasteiger partial charge in [-0.15, -0.1) is 0 Å². The second kappa shape index (κ2) is 7.79. The molecular formula is C18H28N2O3. The van der Waals surface area contributed by atoms with Crippen molar-refractivity contribution in [2.75, 3.05) is 19.7 Å². The van der Waals surface area contributed by atoms with Gasteiger partial charge in [-0.3, -0.25) is 4.79 Å². The van der Waals surface area contributed by atoms with Crippen molar-refractivity contribution in [3.63, 3.8) is 0 Å². The number of aliphatic hydroxyl groups excluding tert-OH is 1. The van der Waals surface area contributed by atoms with E-state index in [-0.39, 0.29) is 18.6 Å². The maximum atomic E-state index is 11.6. The fraction of sp³-hybridized carbons (Fsp3) is 0.611. The monoisotopic (exact) mass is 320 g/mol. The first kappa shape index (κ1) is 17.8. The Hall–Kier alpha value is -1.59. The molecule has 0 saturated carbocycles.